The third kappa shape index (κ3) is 5.73. The van der Waals surface area contributed by atoms with Crippen molar-refractivity contribution in [1.82, 2.24) is 15.4 Å². The first-order valence-electron chi connectivity index (χ1n) is 6.86. The Labute approximate surface area is 127 Å². The van der Waals surface area contributed by atoms with E-state index in [1.54, 1.807) is 25.2 Å². The maximum Gasteiger partial charge on any atom is 0.240 e. The number of sulfonamides is 1. The summed E-state index contributed by atoms with van der Waals surface area (Å²) in [6, 6.07) is 6.82. The first-order valence-corrected chi connectivity index (χ1v) is 8.34. The minimum absolute atomic E-state index is 0.259. The zero-order valence-electron chi connectivity index (χ0n) is 13.0. The van der Waals surface area contributed by atoms with Crippen LogP contribution in [0, 0.1) is 5.92 Å². The lowest BCUT2D eigenvalue weighted by molar-refractivity contribution is 0.588. The first kappa shape index (κ1) is 17.5. The van der Waals surface area contributed by atoms with Crippen molar-refractivity contribution in [2.75, 3.05) is 20.6 Å². The lowest BCUT2D eigenvalue weighted by Gasteiger charge is -2.13. The Bertz CT molecular complexity index is 582. The molecule has 6 nitrogen and oxygen atoms in total. The lowest BCUT2D eigenvalue weighted by Crippen LogP contribution is -2.38. The van der Waals surface area contributed by atoms with Gasteiger partial charge in [0, 0.05) is 20.1 Å². The quantitative estimate of drug-likeness (QED) is 0.539. The van der Waals surface area contributed by atoms with Crippen LogP contribution in [0.3, 0.4) is 0 Å². The molecule has 0 saturated heterocycles. The zero-order chi connectivity index (χ0) is 15.9. The van der Waals surface area contributed by atoms with Gasteiger partial charge in [-0.1, -0.05) is 26.0 Å². The highest BCUT2D eigenvalue weighted by atomic mass is 32.2. The molecule has 0 aliphatic rings. The average molecular weight is 312 g/mol. The van der Waals surface area contributed by atoms with E-state index < -0.39 is 10.0 Å². The van der Waals surface area contributed by atoms with Crippen molar-refractivity contribution in [3.05, 3.63) is 29.8 Å². The molecular formula is C14H24N4O2S. The SMILES string of the molecule is CN=C(NCc1cccc(S(=O)(=O)NC)c1)NCC(C)C. The smallest absolute Gasteiger partial charge is 0.240 e. The fourth-order valence-electron chi connectivity index (χ4n) is 1.65. The fourth-order valence-corrected chi connectivity index (χ4v) is 2.45. The second kappa shape index (κ2) is 7.99. The highest BCUT2D eigenvalue weighted by Gasteiger charge is 2.11. The Morgan fingerprint density at radius 3 is 2.57 bits per heavy atom. The van der Waals surface area contributed by atoms with Gasteiger partial charge in [0.2, 0.25) is 10.0 Å². The molecule has 0 atom stereocenters. The molecule has 0 aliphatic carbocycles. The summed E-state index contributed by atoms with van der Waals surface area (Å²) in [5.74, 6) is 1.22. The van der Waals surface area contributed by atoms with Gasteiger partial charge >= 0.3 is 0 Å². The minimum atomic E-state index is -3.41. The van der Waals surface area contributed by atoms with E-state index in [4.69, 9.17) is 0 Å². The van der Waals surface area contributed by atoms with E-state index in [-0.39, 0.29) is 4.90 Å². The van der Waals surface area contributed by atoms with Crippen LogP contribution in [0.1, 0.15) is 19.4 Å². The molecular weight excluding hydrogens is 288 g/mol. The van der Waals surface area contributed by atoms with Crippen LogP contribution in [0.25, 0.3) is 0 Å². The zero-order valence-corrected chi connectivity index (χ0v) is 13.8. The van der Waals surface area contributed by atoms with Crippen molar-refractivity contribution < 1.29 is 8.42 Å². The van der Waals surface area contributed by atoms with Gasteiger partial charge < -0.3 is 10.6 Å². The van der Waals surface area contributed by atoms with E-state index >= 15 is 0 Å². The van der Waals surface area contributed by atoms with Crippen LogP contribution in [0.15, 0.2) is 34.2 Å². The summed E-state index contributed by atoms with van der Waals surface area (Å²) >= 11 is 0. The molecule has 0 bridgehead atoms. The van der Waals surface area contributed by atoms with Crippen molar-refractivity contribution in [3.8, 4) is 0 Å². The van der Waals surface area contributed by atoms with Crippen LogP contribution < -0.4 is 15.4 Å². The predicted molar refractivity (Wildman–Crippen MR) is 85.7 cm³/mol. The number of hydrogen-bond acceptors (Lipinski definition) is 3. The molecule has 21 heavy (non-hydrogen) atoms. The number of guanidine groups is 1. The summed E-state index contributed by atoms with van der Waals surface area (Å²) in [7, 11) is -0.303. The van der Waals surface area contributed by atoms with Gasteiger partial charge in [0.15, 0.2) is 5.96 Å². The first-order chi connectivity index (χ1) is 9.89. The van der Waals surface area contributed by atoms with Crippen LogP contribution >= 0.6 is 0 Å². The summed E-state index contributed by atoms with van der Waals surface area (Å²) in [4.78, 5) is 4.38. The maximum absolute atomic E-state index is 11.8. The van der Waals surface area contributed by atoms with Crippen LogP contribution in [-0.2, 0) is 16.6 Å². The Morgan fingerprint density at radius 2 is 2.00 bits per heavy atom. The molecule has 0 unspecified atom stereocenters. The van der Waals surface area contributed by atoms with E-state index in [1.807, 2.05) is 6.07 Å². The fraction of sp³-hybridized carbons (Fsp3) is 0.500. The van der Waals surface area contributed by atoms with Gasteiger partial charge in [0.25, 0.3) is 0 Å². The molecule has 0 spiro atoms. The molecule has 0 saturated carbocycles. The summed E-state index contributed by atoms with van der Waals surface area (Å²) in [6.45, 7) is 5.57. The number of aliphatic imine (C=N–C) groups is 1. The number of nitrogens with zero attached hydrogens (tertiary/aromatic N) is 1. The van der Waals surface area contributed by atoms with Crippen LogP contribution in [0.2, 0.25) is 0 Å². The van der Waals surface area contributed by atoms with Gasteiger partial charge in [-0.25, -0.2) is 13.1 Å². The van der Waals surface area contributed by atoms with Crippen molar-refractivity contribution in [3.63, 3.8) is 0 Å². The van der Waals surface area contributed by atoms with Crippen molar-refractivity contribution in [2.24, 2.45) is 10.9 Å². The predicted octanol–water partition coefficient (Wildman–Crippen LogP) is 0.916. The third-order valence-corrected chi connectivity index (χ3v) is 4.25. The topological polar surface area (TPSA) is 82.6 Å². The van der Waals surface area contributed by atoms with Gasteiger partial charge in [-0.05, 0) is 30.7 Å². The molecule has 0 amide bonds. The highest BCUT2D eigenvalue weighted by Crippen LogP contribution is 2.10. The van der Waals surface area contributed by atoms with Crippen molar-refractivity contribution >= 4 is 16.0 Å². The average Bonchev–Trinajstić information content (AvgIpc) is 2.47. The van der Waals surface area contributed by atoms with Crippen molar-refractivity contribution in [1.29, 1.82) is 0 Å². The largest absolute Gasteiger partial charge is 0.356 e. The Hall–Kier alpha value is -1.60. The highest BCUT2D eigenvalue weighted by molar-refractivity contribution is 7.89. The van der Waals surface area contributed by atoms with Crippen LogP contribution in [0.4, 0.5) is 0 Å². The number of nitrogens with one attached hydrogen (secondary N) is 3. The van der Waals surface area contributed by atoms with E-state index in [9.17, 15) is 8.42 Å². The van der Waals surface area contributed by atoms with E-state index in [0.717, 1.165) is 12.1 Å². The normalized spacial score (nSPS) is 12.5. The Balaban J connectivity index is 2.70. The molecule has 0 aliphatic heterocycles. The molecule has 0 radical (unpaired) electrons. The molecule has 1 aromatic carbocycles. The maximum atomic E-state index is 11.8. The van der Waals surface area contributed by atoms with Crippen LogP contribution in [-0.4, -0.2) is 35.0 Å². The molecule has 7 heteroatoms. The summed E-state index contributed by atoms with van der Waals surface area (Å²) in [6.07, 6.45) is 0. The van der Waals surface area contributed by atoms with Crippen LogP contribution in [0.5, 0.6) is 0 Å². The third-order valence-electron chi connectivity index (χ3n) is 2.84. The lowest BCUT2D eigenvalue weighted by atomic mass is 10.2. The van der Waals surface area contributed by atoms with Gasteiger partial charge in [0.05, 0.1) is 4.90 Å². The van der Waals surface area contributed by atoms with Gasteiger partial charge in [-0.2, -0.15) is 0 Å². The van der Waals surface area contributed by atoms with Crippen molar-refractivity contribution in [2.45, 2.75) is 25.3 Å². The number of hydrogen-bond donors (Lipinski definition) is 3. The molecule has 0 fully saturated rings. The Morgan fingerprint density at radius 1 is 1.29 bits per heavy atom. The van der Waals surface area contributed by atoms with Gasteiger partial charge in [-0.15, -0.1) is 0 Å². The van der Waals surface area contributed by atoms with Gasteiger partial charge in [0.1, 0.15) is 0 Å². The number of benzene rings is 1. The number of rotatable bonds is 6. The van der Waals surface area contributed by atoms with E-state index in [0.29, 0.717) is 18.4 Å². The van der Waals surface area contributed by atoms with E-state index in [1.165, 1.54) is 7.05 Å². The van der Waals surface area contributed by atoms with E-state index in [2.05, 4.69) is 34.2 Å². The second-order valence-electron chi connectivity index (χ2n) is 5.06. The molecule has 0 heterocycles. The molecule has 1 rings (SSSR count). The monoisotopic (exact) mass is 312 g/mol. The standard InChI is InChI=1S/C14H24N4O2S/c1-11(2)9-17-14(15-3)18-10-12-6-5-7-13(8-12)21(19,20)16-4/h5-8,11,16H,9-10H2,1-4H3,(H2,15,17,18). The summed E-state index contributed by atoms with van der Waals surface area (Å²) < 4.78 is 25.8. The van der Waals surface area contributed by atoms with Gasteiger partial charge in [-0.3, -0.25) is 4.99 Å². The molecule has 1 aromatic rings. The second-order valence-corrected chi connectivity index (χ2v) is 6.94. The Kier molecular flexibility index (Phi) is 6.64. The molecule has 0 aromatic heterocycles. The summed E-state index contributed by atoms with van der Waals surface area (Å²) in [5, 5.41) is 6.36. The molecule has 3 N–H and O–H groups in total. The minimum Gasteiger partial charge on any atom is -0.356 e. The summed E-state index contributed by atoms with van der Waals surface area (Å²) in [5.41, 5.74) is 0.874. The molecule has 118 valence electrons.